The first-order valence-electron chi connectivity index (χ1n) is 6.29. The third-order valence-electron chi connectivity index (χ3n) is 2.78. The second-order valence-electron chi connectivity index (χ2n) is 4.33. The highest BCUT2D eigenvalue weighted by atomic mass is 32.1. The van der Waals surface area contributed by atoms with Gasteiger partial charge in [-0.2, -0.15) is 0 Å². The molecule has 1 aromatic carbocycles. The molecule has 0 saturated heterocycles. The molecule has 0 radical (unpaired) electrons. The van der Waals surface area contributed by atoms with Crippen molar-refractivity contribution in [3.63, 3.8) is 0 Å². The molecule has 0 saturated carbocycles. The average molecular weight is 291 g/mol. The summed E-state index contributed by atoms with van der Waals surface area (Å²) in [7, 11) is 0. The van der Waals surface area contributed by atoms with E-state index in [9.17, 15) is 4.79 Å². The summed E-state index contributed by atoms with van der Waals surface area (Å²) in [6.45, 7) is 6.24. The molecule has 0 aliphatic rings. The molecule has 3 N–H and O–H groups in total. The Morgan fingerprint density at radius 1 is 1.45 bits per heavy atom. The molecule has 0 spiro atoms. The molecule has 2 aromatic rings. The molecule has 0 bridgehead atoms. The smallest absolute Gasteiger partial charge is 0.267 e. The molecular weight excluding hydrogens is 274 g/mol. The van der Waals surface area contributed by atoms with Crippen LogP contribution in [0.3, 0.4) is 0 Å². The number of nitrogen functional groups attached to an aromatic ring is 1. The zero-order chi connectivity index (χ0) is 14.7. The highest BCUT2D eigenvalue weighted by Crippen LogP contribution is 2.24. The number of hydrogen-bond acceptors (Lipinski definition) is 5. The number of amides is 1. The maximum Gasteiger partial charge on any atom is 0.267 e. The summed E-state index contributed by atoms with van der Waals surface area (Å²) in [4.78, 5) is 16.8. The van der Waals surface area contributed by atoms with Crippen LogP contribution in [0.1, 0.15) is 27.9 Å². The number of nitrogens with one attached hydrogen (secondary N) is 1. The number of carbonyl (C=O) groups is 1. The molecule has 106 valence electrons. The van der Waals surface area contributed by atoms with Crippen molar-refractivity contribution in [3.8, 4) is 5.75 Å². The minimum atomic E-state index is -0.191. The number of nitrogens with two attached hydrogens (primary N) is 1. The van der Waals surface area contributed by atoms with Crippen LogP contribution in [0.25, 0.3) is 0 Å². The standard InChI is InChI=1S/C14H17N3O2S/c1-4-19-10-5-6-11(8(2)7-10)17-13(18)12-9(3)16-14(15)20-12/h5-7H,4H2,1-3H3,(H2,15,16)(H,17,18). The molecule has 1 amide bonds. The Morgan fingerprint density at radius 2 is 2.20 bits per heavy atom. The molecule has 0 fully saturated rings. The Hall–Kier alpha value is -2.08. The van der Waals surface area contributed by atoms with E-state index in [-0.39, 0.29) is 5.91 Å². The monoisotopic (exact) mass is 291 g/mol. The van der Waals surface area contributed by atoms with Gasteiger partial charge in [-0.15, -0.1) is 0 Å². The van der Waals surface area contributed by atoms with E-state index in [0.29, 0.717) is 22.3 Å². The van der Waals surface area contributed by atoms with Crippen molar-refractivity contribution < 1.29 is 9.53 Å². The average Bonchev–Trinajstić information content (AvgIpc) is 2.72. The van der Waals surface area contributed by atoms with Gasteiger partial charge in [0.2, 0.25) is 0 Å². The molecule has 0 unspecified atom stereocenters. The third kappa shape index (κ3) is 3.08. The lowest BCUT2D eigenvalue weighted by molar-refractivity contribution is 0.102. The topological polar surface area (TPSA) is 77.2 Å². The molecule has 6 heteroatoms. The highest BCUT2D eigenvalue weighted by Gasteiger charge is 2.15. The van der Waals surface area contributed by atoms with Crippen LogP contribution < -0.4 is 15.8 Å². The molecular formula is C14H17N3O2S. The van der Waals surface area contributed by atoms with Crippen LogP contribution in [-0.4, -0.2) is 17.5 Å². The lowest BCUT2D eigenvalue weighted by Gasteiger charge is -2.10. The summed E-state index contributed by atoms with van der Waals surface area (Å²) in [5, 5.41) is 3.27. The Morgan fingerprint density at radius 3 is 2.75 bits per heavy atom. The van der Waals surface area contributed by atoms with Crippen LogP contribution in [0, 0.1) is 13.8 Å². The van der Waals surface area contributed by atoms with Crippen molar-refractivity contribution in [3.05, 3.63) is 34.3 Å². The van der Waals surface area contributed by atoms with Gasteiger partial charge in [-0.05, 0) is 44.5 Å². The van der Waals surface area contributed by atoms with E-state index in [1.54, 1.807) is 6.92 Å². The molecule has 2 rings (SSSR count). The zero-order valence-corrected chi connectivity index (χ0v) is 12.5. The Kier molecular flexibility index (Phi) is 4.24. The zero-order valence-electron chi connectivity index (χ0n) is 11.7. The lowest BCUT2D eigenvalue weighted by Crippen LogP contribution is -2.12. The Bertz CT molecular complexity index is 637. The van der Waals surface area contributed by atoms with E-state index in [1.807, 2.05) is 32.0 Å². The normalized spacial score (nSPS) is 10.3. The molecule has 1 heterocycles. The number of ether oxygens (including phenoxy) is 1. The number of carbonyl (C=O) groups excluding carboxylic acids is 1. The van der Waals surface area contributed by atoms with Crippen molar-refractivity contribution in [2.45, 2.75) is 20.8 Å². The summed E-state index contributed by atoms with van der Waals surface area (Å²) < 4.78 is 5.42. The van der Waals surface area contributed by atoms with Gasteiger partial charge in [0.15, 0.2) is 5.13 Å². The van der Waals surface area contributed by atoms with Crippen molar-refractivity contribution in [1.82, 2.24) is 4.98 Å². The number of rotatable bonds is 4. The van der Waals surface area contributed by atoms with E-state index in [4.69, 9.17) is 10.5 Å². The molecule has 0 aliphatic carbocycles. The molecule has 20 heavy (non-hydrogen) atoms. The fourth-order valence-electron chi connectivity index (χ4n) is 1.84. The molecule has 0 aliphatic heterocycles. The van der Waals surface area contributed by atoms with Crippen LogP contribution >= 0.6 is 11.3 Å². The summed E-state index contributed by atoms with van der Waals surface area (Å²) in [5.41, 5.74) is 7.95. The predicted octanol–water partition coefficient (Wildman–Crippen LogP) is 2.99. The van der Waals surface area contributed by atoms with Crippen LogP contribution in [0.2, 0.25) is 0 Å². The lowest BCUT2D eigenvalue weighted by atomic mass is 10.2. The van der Waals surface area contributed by atoms with Gasteiger partial charge in [0.25, 0.3) is 5.91 Å². The molecule has 1 aromatic heterocycles. The first-order valence-corrected chi connectivity index (χ1v) is 7.10. The van der Waals surface area contributed by atoms with E-state index in [0.717, 1.165) is 17.0 Å². The summed E-state index contributed by atoms with van der Waals surface area (Å²) in [5.74, 6) is 0.602. The summed E-state index contributed by atoms with van der Waals surface area (Å²) >= 11 is 1.19. The second-order valence-corrected chi connectivity index (χ2v) is 5.36. The molecule has 5 nitrogen and oxygen atoms in total. The summed E-state index contributed by atoms with van der Waals surface area (Å²) in [6, 6.07) is 5.56. The van der Waals surface area contributed by atoms with Crippen LogP contribution in [0.5, 0.6) is 5.75 Å². The van der Waals surface area contributed by atoms with E-state index >= 15 is 0 Å². The Balaban J connectivity index is 2.17. The number of benzene rings is 1. The van der Waals surface area contributed by atoms with Gasteiger partial charge >= 0.3 is 0 Å². The van der Waals surface area contributed by atoms with Gasteiger partial charge in [-0.1, -0.05) is 11.3 Å². The van der Waals surface area contributed by atoms with Gasteiger partial charge in [-0.3, -0.25) is 4.79 Å². The van der Waals surface area contributed by atoms with Crippen LogP contribution in [-0.2, 0) is 0 Å². The van der Waals surface area contributed by atoms with Crippen molar-refractivity contribution in [1.29, 1.82) is 0 Å². The quantitative estimate of drug-likeness (QED) is 0.907. The minimum absolute atomic E-state index is 0.191. The van der Waals surface area contributed by atoms with E-state index in [1.165, 1.54) is 11.3 Å². The number of aryl methyl sites for hydroxylation is 2. The molecule has 0 atom stereocenters. The first-order chi connectivity index (χ1) is 9.51. The predicted molar refractivity (Wildman–Crippen MR) is 81.6 cm³/mol. The maximum atomic E-state index is 12.2. The van der Waals surface area contributed by atoms with Gasteiger partial charge < -0.3 is 15.8 Å². The second kappa shape index (κ2) is 5.92. The third-order valence-corrected chi connectivity index (χ3v) is 3.76. The van der Waals surface area contributed by atoms with Crippen LogP contribution in [0.15, 0.2) is 18.2 Å². The number of anilines is 2. The SMILES string of the molecule is CCOc1ccc(NC(=O)c2sc(N)nc2C)c(C)c1. The fourth-order valence-corrected chi connectivity index (χ4v) is 2.57. The van der Waals surface area contributed by atoms with Gasteiger partial charge in [-0.25, -0.2) is 4.98 Å². The fraction of sp³-hybridized carbons (Fsp3) is 0.286. The van der Waals surface area contributed by atoms with Crippen molar-refractivity contribution in [2.24, 2.45) is 0 Å². The largest absolute Gasteiger partial charge is 0.494 e. The van der Waals surface area contributed by atoms with E-state index in [2.05, 4.69) is 10.3 Å². The first kappa shape index (κ1) is 14.3. The van der Waals surface area contributed by atoms with Crippen molar-refractivity contribution >= 4 is 28.1 Å². The van der Waals surface area contributed by atoms with Gasteiger partial charge in [0, 0.05) is 5.69 Å². The van der Waals surface area contributed by atoms with E-state index < -0.39 is 0 Å². The Labute approximate surface area is 121 Å². The minimum Gasteiger partial charge on any atom is -0.494 e. The van der Waals surface area contributed by atoms with Crippen molar-refractivity contribution in [2.75, 3.05) is 17.7 Å². The summed E-state index contributed by atoms with van der Waals surface area (Å²) in [6.07, 6.45) is 0. The highest BCUT2D eigenvalue weighted by molar-refractivity contribution is 7.17. The number of aromatic nitrogens is 1. The van der Waals surface area contributed by atoms with Gasteiger partial charge in [0.1, 0.15) is 10.6 Å². The number of hydrogen-bond donors (Lipinski definition) is 2. The van der Waals surface area contributed by atoms with Gasteiger partial charge in [0.05, 0.1) is 12.3 Å². The number of nitrogens with zero attached hydrogens (tertiary/aromatic N) is 1. The maximum absolute atomic E-state index is 12.2. The van der Waals surface area contributed by atoms with Crippen LogP contribution in [0.4, 0.5) is 10.8 Å². The number of thiazole rings is 1.